The van der Waals surface area contributed by atoms with Crippen LogP contribution in [-0.2, 0) is 4.79 Å². The molecule has 0 aromatic rings. The van der Waals surface area contributed by atoms with Gasteiger partial charge >= 0.3 is 0 Å². The number of likely N-dealkylation sites (N-methyl/N-ethyl adjacent to an activating group) is 1. The normalized spacial score (nSPS) is 29.6. The third kappa shape index (κ3) is 3.56. The van der Waals surface area contributed by atoms with Gasteiger partial charge in [-0.25, -0.2) is 0 Å². The molecule has 0 spiro atoms. The van der Waals surface area contributed by atoms with Gasteiger partial charge in [-0.05, 0) is 31.7 Å². The Morgan fingerprint density at radius 2 is 2.10 bits per heavy atom. The molecule has 2 aliphatic rings. The van der Waals surface area contributed by atoms with Gasteiger partial charge in [-0.3, -0.25) is 9.69 Å². The third-order valence-corrected chi connectivity index (χ3v) is 5.27. The number of carbonyl (C=O) groups is 1. The van der Waals surface area contributed by atoms with Gasteiger partial charge < -0.3 is 10.0 Å². The Balaban J connectivity index is 1.94. The molecule has 5 heteroatoms. The average molecular weight is 293 g/mol. The summed E-state index contributed by atoms with van der Waals surface area (Å²) < 4.78 is 0. The number of piperidine rings is 1. The number of β-amino-alcohol motifs (C(OH)–C–C–N with tert-alkyl or cyclic N) is 1. The van der Waals surface area contributed by atoms with Crippen LogP contribution in [0.15, 0.2) is 0 Å². The van der Waals surface area contributed by atoms with Crippen molar-refractivity contribution in [1.29, 1.82) is 5.26 Å². The van der Waals surface area contributed by atoms with Gasteiger partial charge in [0.2, 0.25) is 5.91 Å². The maximum absolute atomic E-state index is 12.5. The summed E-state index contributed by atoms with van der Waals surface area (Å²) in [5, 5.41) is 19.5. The molecule has 2 fully saturated rings. The van der Waals surface area contributed by atoms with Crippen LogP contribution in [0.25, 0.3) is 0 Å². The predicted molar refractivity (Wildman–Crippen MR) is 80.4 cm³/mol. The minimum Gasteiger partial charge on any atom is -0.392 e. The Morgan fingerprint density at radius 1 is 1.43 bits per heavy atom. The largest absolute Gasteiger partial charge is 0.392 e. The highest BCUT2D eigenvalue weighted by molar-refractivity contribution is 5.79. The summed E-state index contributed by atoms with van der Waals surface area (Å²) >= 11 is 0. The van der Waals surface area contributed by atoms with Gasteiger partial charge in [0.25, 0.3) is 0 Å². The van der Waals surface area contributed by atoms with Gasteiger partial charge in [0.15, 0.2) is 0 Å². The van der Waals surface area contributed by atoms with E-state index in [1.165, 1.54) is 0 Å². The maximum Gasteiger partial charge on any atom is 0.237 e. The summed E-state index contributed by atoms with van der Waals surface area (Å²) in [6.07, 6.45) is 5.33. The molecule has 0 radical (unpaired) electrons. The molecule has 1 saturated carbocycles. The van der Waals surface area contributed by atoms with Crippen molar-refractivity contribution in [1.82, 2.24) is 9.80 Å². The van der Waals surface area contributed by atoms with E-state index in [1.807, 2.05) is 11.8 Å². The van der Waals surface area contributed by atoms with E-state index in [0.29, 0.717) is 19.0 Å². The lowest BCUT2D eigenvalue weighted by Crippen LogP contribution is -2.54. The Hall–Kier alpha value is -1.12. The molecule has 1 heterocycles. The third-order valence-electron chi connectivity index (χ3n) is 5.27. The smallest absolute Gasteiger partial charge is 0.237 e. The van der Waals surface area contributed by atoms with Crippen LogP contribution in [0, 0.1) is 17.2 Å². The second-order valence-corrected chi connectivity index (χ2v) is 6.73. The molecule has 1 aliphatic heterocycles. The molecule has 2 rings (SSSR count). The predicted octanol–water partition coefficient (Wildman–Crippen LogP) is 1.37. The minimum absolute atomic E-state index is 0.000188. The minimum atomic E-state index is -0.614. The number of hydrogen-bond donors (Lipinski definition) is 1. The van der Waals surface area contributed by atoms with E-state index in [-0.39, 0.29) is 12.0 Å². The first-order valence-electron chi connectivity index (χ1n) is 8.07. The molecule has 0 aromatic heterocycles. The number of amides is 1. The lowest BCUT2D eigenvalue weighted by molar-refractivity contribution is -0.137. The van der Waals surface area contributed by atoms with Gasteiger partial charge in [0.1, 0.15) is 5.54 Å². The van der Waals surface area contributed by atoms with Crippen molar-refractivity contribution in [2.75, 3.05) is 26.7 Å². The van der Waals surface area contributed by atoms with Crippen LogP contribution >= 0.6 is 0 Å². The number of aliphatic hydroxyl groups excluding tert-OH is 1. The zero-order valence-corrected chi connectivity index (χ0v) is 13.2. The molecule has 2 atom stereocenters. The molecule has 1 aliphatic carbocycles. The molecule has 21 heavy (non-hydrogen) atoms. The summed E-state index contributed by atoms with van der Waals surface area (Å²) in [6, 6.07) is 2.39. The first kappa shape index (κ1) is 16.3. The van der Waals surface area contributed by atoms with Crippen molar-refractivity contribution in [3.63, 3.8) is 0 Å². The van der Waals surface area contributed by atoms with Crippen LogP contribution in [0.5, 0.6) is 0 Å². The van der Waals surface area contributed by atoms with Gasteiger partial charge in [-0.2, -0.15) is 5.26 Å². The lowest BCUT2D eigenvalue weighted by atomic mass is 9.81. The van der Waals surface area contributed by atoms with E-state index in [9.17, 15) is 15.2 Å². The van der Waals surface area contributed by atoms with Crippen LogP contribution in [0.3, 0.4) is 0 Å². The fourth-order valence-electron chi connectivity index (χ4n) is 3.45. The van der Waals surface area contributed by atoms with E-state index in [2.05, 4.69) is 6.07 Å². The quantitative estimate of drug-likeness (QED) is 0.853. The molecule has 2 unspecified atom stereocenters. The van der Waals surface area contributed by atoms with Crippen LogP contribution in [0.1, 0.15) is 45.4 Å². The van der Waals surface area contributed by atoms with Crippen LogP contribution in [0.2, 0.25) is 0 Å². The molecule has 1 amide bonds. The zero-order chi connectivity index (χ0) is 15.5. The van der Waals surface area contributed by atoms with Gasteiger partial charge in [-0.1, -0.05) is 26.2 Å². The van der Waals surface area contributed by atoms with Crippen LogP contribution in [0.4, 0.5) is 0 Å². The van der Waals surface area contributed by atoms with Crippen molar-refractivity contribution in [3.8, 4) is 6.07 Å². The Morgan fingerprint density at radius 3 is 2.67 bits per heavy atom. The summed E-state index contributed by atoms with van der Waals surface area (Å²) in [4.78, 5) is 16.2. The fourth-order valence-corrected chi connectivity index (χ4v) is 3.45. The zero-order valence-electron chi connectivity index (χ0n) is 13.2. The van der Waals surface area contributed by atoms with E-state index >= 15 is 0 Å². The Kier molecular flexibility index (Phi) is 5.23. The SMILES string of the molecule is CC1CCN(CC(=O)N(C)C2(C#N)CCCCC2)CC1O. The van der Waals surface area contributed by atoms with Crippen LogP contribution < -0.4 is 0 Å². The average Bonchev–Trinajstić information content (AvgIpc) is 2.50. The van der Waals surface area contributed by atoms with Crippen molar-refractivity contribution in [2.24, 2.45) is 5.92 Å². The highest BCUT2D eigenvalue weighted by atomic mass is 16.3. The Bertz CT molecular complexity index is 412. The van der Waals surface area contributed by atoms with Crippen molar-refractivity contribution in [3.05, 3.63) is 0 Å². The number of hydrogen-bond acceptors (Lipinski definition) is 4. The monoisotopic (exact) mass is 293 g/mol. The molecular formula is C16H27N3O2. The second-order valence-electron chi connectivity index (χ2n) is 6.73. The highest BCUT2D eigenvalue weighted by Gasteiger charge is 2.39. The molecule has 1 saturated heterocycles. The number of likely N-dealkylation sites (tertiary alicyclic amines) is 1. The first-order valence-corrected chi connectivity index (χ1v) is 8.07. The van der Waals surface area contributed by atoms with E-state index in [0.717, 1.165) is 45.1 Å². The molecule has 5 nitrogen and oxygen atoms in total. The number of rotatable bonds is 3. The Labute approximate surface area is 127 Å². The van der Waals surface area contributed by atoms with E-state index in [1.54, 1.807) is 11.9 Å². The number of nitrogens with zero attached hydrogens (tertiary/aromatic N) is 3. The standard InChI is InChI=1S/C16H27N3O2/c1-13-6-9-19(10-14(13)20)11-15(21)18(2)16(12-17)7-4-3-5-8-16/h13-14,20H,3-11H2,1-2H3. The lowest BCUT2D eigenvalue weighted by Gasteiger charge is -2.41. The summed E-state index contributed by atoms with van der Waals surface area (Å²) in [6.45, 7) is 3.75. The molecule has 1 N–H and O–H groups in total. The fraction of sp³-hybridized carbons (Fsp3) is 0.875. The number of carbonyl (C=O) groups excluding carboxylic acids is 1. The van der Waals surface area contributed by atoms with E-state index < -0.39 is 5.54 Å². The molecular weight excluding hydrogens is 266 g/mol. The summed E-state index contributed by atoms with van der Waals surface area (Å²) in [5.74, 6) is 0.304. The van der Waals surface area contributed by atoms with E-state index in [4.69, 9.17) is 0 Å². The molecule has 0 aromatic carbocycles. The maximum atomic E-state index is 12.5. The van der Waals surface area contributed by atoms with Gasteiger partial charge in [0, 0.05) is 13.6 Å². The second kappa shape index (κ2) is 6.76. The summed E-state index contributed by atoms with van der Waals surface area (Å²) in [7, 11) is 1.76. The molecule has 118 valence electrons. The number of nitriles is 1. The first-order chi connectivity index (χ1) is 9.98. The van der Waals surface area contributed by atoms with Gasteiger partial charge in [-0.15, -0.1) is 0 Å². The number of aliphatic hydroxyl groups is 1. The van der Waals surface area contributed by atoms with Crippen LogP contribution in [-0.4, -0.2) is 59.1 Å². The molecule has 0 bridgehead atoms. The summed E-state index contributed by atoms with van der Waals surface area (Å²) in [5.41, 5.74) is -0.614. The van der Waals surface area contributed by atoms with Crippen molar-refractivity contribution < 1.29 is 9.90 Å². The van der Waals surface area contributed by atoms with Crippen molar-refractivity contribution >= 4 is 5.91 Å². The van der Waals surface area contributed by atoms with Crippen molar-refractivity contribution in [2.45, 2.75) is 57.1 Å². The van der Waals surface area contributed by atoms with Gasteiger partial charge in [0.05, 0.1) is 18.7 Å². The highest BCUT2D eigenvalue weighted by Crippen LogP contribution is 2.32. The topological polar surface area (TPSA) is 67.6 Å².